The number of hydrogen-bond donors (Lipinski definition) is 1. The molecule has 2 aromatic rings. The Kier molecular flexibility index (Phi) is 4.44. The molecular weight excluding hydrogens is 362 g/mol. The lowest BCUT2D eigenvalue weighted by molar-refractivity contribution is -0.0934. The average molecular weight is 387 g/mol. The molecule has 1 amide bonds. The Labute approximate surface area is 162 Å². The number of fused-ring (bicyclic) bond motifs is 3. The average Bonchev–Trinajstić information content (AvgIpc) is 2.64. The third kappa shape index (κ3) is 3.39. The van der Waals surface area contributed by atoms with Crippen LogP contribution in [0.25, 0.3) is 10.9 Å². The van der Waals surface area contributed by atoms with Crippen molar-refractivity contribution in [3.8, 4) is 11.5 Å². The molecule has 1 aromatic carbocycles. The molecule has 0 unspecified atom stereocenters. The monoisotopic (exact) mass is 387 g/mol. The molecule has 4 rings (SSSR count). The van der Waals surface area contributed by atoms with E-state index in [0.29, 0.717) is 35.5 Å². The SMILES string of the molecule is COc1cc2nc[nH]c(=O)c2cc1O[C@H]1[C@@H]2C[C@H]1CN(C(=O)OC(C)(C)C)C2. The number of hydrogen-bond acceptors (Lipinski definition) is 6. The maximum Gasteiger partial charge on any atom is 0.410 e. The number of carbonyl (C=O) groups is 1. The van der Waals surface area contributed by atoms with Gasteiger partial charge in [0.25, 0.3) is 5.56 Å². The number of rotatable bonds is 3. The van der Waals surface area contributed by atoms with Crippen molar-refractivity contribution in [1.29, 1.82) is 0 Å². The number of amides is 1. The number of piperidine rings is 2. The van der Waals surface area contributed by atoms with E-state index in [1.165, 1.54) is 6.33 Å². The van der Waals surface area contributed by atoms with E-state index in [1.807, 2.05) is 20.8 Å². The number of nitrogens with one attached hydrogen (secondary N) is 1. The van der Waals surface area contributed by atoms with Gasteiger partial charge in [0.15, 0.2) is 11.5 Å². The number of carbonyl (C=O) groups excluding carboxylic acids is 1. The van der Waals surface area contributed by atoms with Crippen LogP contribution in [0, 0.1) is 11.8 Å². The normalized spacial score (nSPS) is 23.9. The van der Waals surface area contributed by atoms with Crippen molar-refractivity contribution >= 4 is 17.0 Å². The molecule has 1 saturated carbocycles. The van der Waals surface area contributed by atoms with Crippen LogP contribution in [-0.2, 0) is 4.74 Å². The zero-order valence-electron chi connectivity index (χ0n) is 16.5. The van der Waals surface area contributed by atoms with Crippen LogP contribution in [0.15, 0.2) is 23.3 Å². The number of likely N-dealkylation sites (tertiary alicyclic amines) is 1. The van der Waals surface area contributed by atoms with E-state index >= 15 is 0 Å². The van der Waals surface area contributed by atoms with Crippen molar-refractivity contribution in [3.05, 3.63) is 28.8 Å². The zero-order chi connectivity index (χ0) is 20.1. The molecule has 2 bridgehead atoms. The minimum absolute atomic E-state index is 0.0132. The van der Waals surface area contributed by atoms with Gasteiger partial charge >= 0.3 is 6.09 Å². The second-order valence-corrected chi connectivity index (χ2v) is 8.48. The van der Waals surface area contributed by atoms with Crippen molar-refractivity contribution in [2.75, 3.05) is 20.2 Å². The smallest absolute Gasteiger partial charge is 0.410 e. The van der Waals surface area contributed by atoms with Crippen molar-refractivity contribution < 1.29 is 19.0 Å². The predicted octanol–water partition coefficient (Wildman–Crippen LogP) is 2.57. The van der Waals surface area contributed by atoms with Gasteiger partial charge in [-0.1, -0.05) is 0 Å². The summed E-state index contributed by atoms with van der Waals surface area (Å²) in [4.78, 5) is 32.9. The Morgan fingerprint density at radius 2 is 1.93 bits per heavy atom. The van der Waals surface area contributed by atoms with Crippen LogP contribution in [0.5, 0.6) is 11.5 Å². The highest BCUT2D eigenvalue weighted by Crippen LogP contribution is 2.44. The third-order valence-electron chi connectivity index (χ3n) is 5.29. The Morgan fingerprint density at radius 1 is 1.21 bits per heavy atom. The molecule has 8 heteroatoms. The number of methoxy groups -OCH3 is 1. The summed E-state index contributed by atoms with van der Waals surface area (Å²) in [5.41, 5.74) is -0.172. The zero-order valence-corrected chi connectivity index (χ0v) is 16.5. The molecule has 3 atom stereocenters. The van der Waals surface area contributed by atoms with E-state index < -0.39 is 5.60 Å². The number of benzene rings is 1. The van der Waals surface area contributed by atoms with E-state index in [2.05, 4.69) is 9.97 Å². The topological polar surface area (TPSA) is 93.7 Å². The number of aromatic amines is 1. The van der Waals surface area contributed by atoms with Crippen LogP contribution >= 0.6 is 0 Å². The molecule has 1 saturated heterocycles. The molecule has 1 aliphatic carbocycles. The number of ether oxygens (including phenoxy) is 3. The summed E-state index contributed by atoms with van der Waals surface area (Å²) in [6.07, 6.45) is 2.09. The van der Waals surface area contributed by atoms with Crippen molar-refractivity contribution in [3.63, 3.8) is 0 Å². The summed E-state index contributed by atoms with van der Waals surface area (Å²) in [7, 11) is 1.56. The van der Waals surface area contributed by atoms with E-state index in [0.717, 1.165) is 6.42 Å². The fourth-order valence-electron chi connectivity index (χ4n) is 3.99. The lowest BCUT2D eigenvalue weighted by atomic mass is 9.68. The quantitative estimate of drug-likeness (QED) is 0.870. The van der Waals surface area contributed by atoms with Gasteiger partial charge < -0.3 is 24.1 Å². The van der Waals surface area contributed by atoms with Gasteiger partial charge in [-0.2, -0.15) is 0 Å². The fraction of sp³-hybridized carbons (Fsp3) is 0.550. The van der Waals surface area contributed by atoms with Gasteiger partial charge in [-0.25, -0.2) is 9.78 Å². The van der Waals surface area contributed by atoms with E-state index in [1.54, 1.807) is 24.1 Å². The summed E-state index contributed by atoms with van der Waals surface area (Å²) in [6.45, 7) is 6.81. The standard InChI is InChI=1S/C20H25N3O5/c1-20(2,3)28-19(25)23-8-11-5-12(9-23)17(11)27-16-6-13-14(7-15(16)26-4)21-10-22-18(13)24/h6-7,10-12,17H,5,8-9H2,1-4H3,(H,21,22,24)/t11-,12+,17+. The number of nitrogens with zero attached hydrogens (tertiary/aromatic N) is 2. The predicted molar refractivity (Wildman–Crippen MR) is 103 cm³/mol. The molecule has 0 spiro atoms. The summed E-state index contributed by atoms with van der Waals surface area (Å²) in [5.74, 6) is 1.54. The van der Waals surface area contributed by atoms with Gasteiger partial charge in [0.1, 0.15) is 11.7 Å². The molecule has 2 aliphatic rings. The highest BCUT2D eigenvalue weighted by atomic mass is 16.6. The van der Waals surface area contributed by atoms with Gasteiger partial charge in [-0.05, 0) is 33.3 Å². The highest BCUT2D eigenvalue weighted by Gasteiger charge is 2.50. The Balaban J connectivity index is 1.50. The summed E-state index contributed by atoms with van der Waals surface area (Å²) in [5, 5.41) is 0.457. The van der Waals surface area contributed by atoms with Gasteiger partial charge in [0.2, 0.25) is 0 Å². The fourth-order valence-corrected chi connectivity index (χ4v) is 3.99. The summed E-state index contributed by atoms with van der Waals surface area (Å²) in [6, 6.07) is 3.39. The molecule has 1 N–H and O–H groups in total. The van der Waals surface area contributed by atoms with E-state index in [-0.39, 0.29) is 29.6 Å². The molecule has 0 radical (unpaired) electrons. The minimum Gasteiger partial charge on any atom is -0.493 e. The molecule has 1 aromatic heterocycles. The van der Waals surface area contributed by atoms with Crippen LogP contribution in [0.1, 0.15) is 27.2 Å². The van der Waals surface area contributed by atoms with Gasteiger partial charge in [-0.15, -0.1) is 0 Å². The summed E-state index contributed by atoms with van der Waals surface area (Å²) < 4.78 is 17.2. The van der Waals surface area contributed by atoms with Crippen LogP contribution in [0.2, 0.25) is 0 Å². The van der Waals surface area contributed by atoms with Crippen LogP contribution in [-0.4, -0.2) is 52.9 Å². The van der Waals surface area contributed by atoms with E-state index in [9.17, 15) is 9.59 Å². The van der Waals surface area contributed by atoms with Crippen molar-refractivity contribution in [2.45, 2.75) is 38.9 Å². The first-order valence-corrected chi connectivity index (χ1v) is 9.45. The Hall–Kier alpha value is -2.77. The van der Waals surface area contributed by atoms with E-state index in [4.69, 9.17) is 14.2 Å². The molecule has 1 aliphatic heterocycles. The van der Waals surface area contributed by atoms with Gasteiger partial charge in [-0.3, -0.25) is 4.79 Å². The van der Waals surface area contributed by atoms with Gasteiger partial charge in [0.05, 0.1) is 24.3 Å². The second kappa shape index (κ2) is 6.68. The maximum absolute atomic E-state index is 12.3. The van der Waals surface area contributed by atoms with Crippen molar-refractivity contribution in [1.82, 2.24) is 14.9 Å². The molecular formula is C20H25N3O5. The van der Waals surface area contributed by atoms with Crippen LogP contribution in [0.3, 0.4) is 0 Å². The number of aromatic nitrogens is 2. The minimum atomic E-state index is -0.506. The van der Waals surface area contributed by atoms with Crippen LogP contribution < -0.4 is 15.0 Å². The molecule has 2 heterocycles. The first-order valence-electron chi connectivity index (χ1n) is 9.45. The van der Waals surface area contributed by atoms with Gasteiger partial charge in [0, 0.05) is 31.0 Å². The molecule has 2 fully saturated rings. The first kappa shape index (κ1) is 18.6. The Morgan fingerprint density at radius 3 is 2.57 bits per heavy atom. The molecule has 8 nitrogen and oxygen atoms in total. The Bertz CT molecular complexity index is 952. The first-order chi connectivity index (χ1) is 13.2. The highest BCUT2D eigenvalue weighted by molar-refractivity contribution is 5.81. The largest absolute Gasteiger partial charge is 0.493 e. The maximum atomic E-state index is 12.3. The molecule has 28 heavy (non-hydrogen) atoms. The molecule has 150 valence electrons. The van der Waals surface area contributed by atoms with Crippen molar-refractivity contribution in [2.24, 2.45) is 11.8 Å². The third-order valence-corrected chi connectivity index (χ3v) is 5.29. The summed E-state index contributed by atoms with van der Waals surface area (Å²) >= 11 is 0. The van der Waals surface area contributed by atoms with Crippen LogP contribution in [0.4, 0.5) is 4.79 Å². The second-order valence-electron chi connectivity index (χ2n) is 8.48. The lowest BCUT2D eigenvalue weighted by Crippen LogP contribution is -2.62. The lowest BCUT2D eigenvalue weighted by Gasteiger charge is -2.52. The number of H-pyrrole nitrogens is 1.